The molecule has 0 aliphatic rings. The highest BCUT2D eigenvalue weighted by molar-refractivity contribution is 7.19. The van der Waals surface area contributed by atoms with Crippen molar-refractivity contribution in [2.75, 3.05) is 0 Å². The monoisotopic (exact) mass is 300 g/mol. The Morgan fingerprint density at radius 1 is 1.58 bits per heavy atom. The Bertz CT molecular complexity index is 597. The van der Waals surface area contributed by atoms with E-state index in [1.807, 2.05) is 13.0 Å². The van der Waals surface area contributed by atoms with Crippen molar-refractivity contribution in [3.8, 4) is 10.7 Å². The molecular weight excluding hydrogens is 288 g/mol. The van der Waals surface area contributed by atoms with Crippen LogP contribution in [0, 0.1) is 5.41 Å². The zero-order valence-corrected chi connectivity index (χ0v) is 12.1. The first kappa shape index (κ1) is 14.0. The van der Waals surface area contributed by atoms with Crippen LogP contribution in [0.25, 0.3) is 10.7 Å². The van der Waals surface area contributed by atoms with Crippen molar-refractivity contribution in [2.45, 2.75) is 26.8 Å². The average Bonchev–Trinajstić information content (AvgIpc) is 2.97. The normalized spacial score (nSPS) is 14.3. The van der Waals surface area contributed by atoms with Crippen LogP contribution in [-0.4, -0.2) is 31.3 Å². The molecule has 1 unspecified atom stereocenters. The average molecular weight is 301 g/mol. The van der Waals surface area contributed by atoms with Crippen LogP contribution in [0.3, 0.4) is 0 Å². The highest BCUT2D eigenvalue weighted by Gasteiger charge is 2.33. The second kappa shape index (κ2) is 5.26. The molecular formula is C11H13ClN4O2S. The molecule has 1 N–H and O–H groups in total. The predicted octanol–water partition coefficient (Wildman–Crippen LogP) is 2.56. The zero-order chi connectivity index (χ0) is 14.0. The van der Waals surface area contributed by atoms with Crippen molar-refractivity contribution < 1.29 is 9.90 Å². The number of nitrogens with zero attached hydrogens (tertiary/aromatic N) is 4. The highest BCUT2D eigenvalue weighted by atomic mass is 35.5. The van der Waals surface area contributed by atoms with Gasteiger partial charge in [-0.3, -0.25) is 4.79 Å². The Balaban J connectivity index is 2.33. The number of aliphatic carboxylic acids is 1. The van der Waals surface area contributed by atoms with Gasteiger partial charge in [0.1, 0.15) is 0 Å². The smallest absolute Gasteiger partial charge is 0.311 e. The number of aromatic nitrogens is 4. The summed E-state index contributed by atoms with van der Waals surface area (Å²) in [5.74, 6) is -0.321. The topological polar surface area (TPSA) is 80.9 Å². The van der Waals surface area contributed by atoms with Gasteiger partial charge in [0.2, 0.25) is 0 Å². The third-order valence-corrected chi connectivity index (χ3v) is 4.35. The first-order chi connectivity index (χ1) is 8.96. The van der Waals surface area contributed by atoms with Gasteiger partial charge in [0.15, 0.2) is 5.82 Å². The van der Waals surface area contributed by atoms with Crippen LogP contribution in [0.4, 0.5) is 0 Å². The van der Waals surface area contributed by atoms with Crippen molar-refractivity contribution in [3.63, 3.8) is 0 Å². The molecule has 6 nitrogen and oxygen atoms in total. The molecule has 1 atom stereocenters. The summed E-state index contributed by atoms with van der Waals surface area (Å²) in [7, 11) is 0. The third-order valence-electron chi connectivity index (χ3n) is 3.12. The zero-order valence-electron chi connectivity index (χ0n) is 10.5. The number of halogens is 1. The molecule has 0 spiro atoms. The van der Waals surface area contributed by atoms with Gasteiger partial charge in [-0.2, -0.15) is 0 Å². The van der Waals surface area contributed by atoms with Crippen LogP contribution >= 0.6 is 22.9 Å². The van der Waals surface area contributed by atoms with Crippen LogP contribution in [0.2, 0.25) is 4.34 Å². The molecule has 2 aromatic heterocycles. The van der Waals surface area contributed by atoms with Crippen LogP contribution in [0.1, 0.15) is 20.3 Å². The Morgan fingerprint density at radius 3 is 2.84 bits per heavy atom. The lowest BCUT2D eigenvalue weighted by molar-refractivity contribution is -0.149. The second-order valence-corrected chi connectivity index (χ2v) is 6.20. The molecule has 2 rings (SSSR count). The molecule has 0 saturated carbocycles. The molecule has 2 aromatic rings. The molecule has 19 heavy (non-hydrogen) atoms. The highest BCUT2D eigenvalue weighted by Crippen LogP contribution is 2.31. The van der Waals surface area contributed by atoms with Crippen molar-refractivity contribution in [1.82, 2.24) is 20.2 Å². The number of tetrazole rings is 1. The summed E-state index contributed by atoms with van der Waals surface area (Å²) >= 11 is 7.24. The second-order valence-electron chi connectivity index (χ2n) is 4.48. The van der Waals surface area contributed by atoms with E-state index in [1.165, 1.54) is 16.0 Å². The van der Waals surface area contributed by atoms with Gasteiger partial charge in [-0.1, -0.05) is 18.5 Å². The number of hydrogen-bond donors (Lipinski definition) is 1. The first-order valence-electron chi connectivity index (χ1n) is 5.71. The van der Waals surface area contributed by atoms with Crippen molar-refractivity contribution in [2.24, 2.45) is 5.41 Å². The number of hydrogen-bond acceptors (Lipinski definition) is 5. The van der Waals surface area contributed by atoms with Gasteiger partial charge in [-0.05, 0) is 35.9 Å². The summed E-state index contributed by atoms with van der Waals surface area (Å²) in [5, 5.41) is 20.7. The molecule has 0 saturated heterocycles. The van der Waals surface area contributed by atoms with Crippen molar-refractivity contribution in [1.29, 1.82) is 0 Å². The number of carboxylic acid groups (broad SMARTS) is 1. The van der Waals surface area contributed by atoms with Gasteiger partial charge in [-0.25, -0.2) is 4.68 Å². The van der Waals surface area contributed by atoms with E-state index in [1.54, 1.807) is 13.0 Å². The van der Waals surface area contributed by atoms with Gasteiger partial charge in [0, 0.05) is 0 Å². The van der Waals surface area contributed by atoms with Crippen LogP contribution in [0.5, 0.6) is 0 Å². The minimum Gasteiger partial charge on any atom is -0.481 e. The van der Waals surface area contributed by atoms with Gasteiger partial charge in [-0.15, -0.1) is 16.4 Å². The van der Waals surface area contributed by atoms with E-state index in [9.17, 15) is 9.90 Å². The molecule has 0 fully saturated rings. The van der Waals surface area contributed by atoms with E-state index in [2.05, 4.69) is 15.5 Å². The quantitative estimate of drug-likeness (QED) is 0.917. The van der Waals surface area contributed by atoms with Crippen molar-refractivity contribution in [3.05, 3.63) is 16.5 Å². The summed E-state index contributed by atoms with van der Waals surface area (Å²) in [6.07, 6.45) is 0.493. The van der Waals surface area contributed by atoms with E-state index >= 15 is 0 Å². The fourth-order valence-corrected chi connectivity index (χ4v) is 2.62. The molecule has 102 valence electrons. The fourth-order valence-electron chi connectivity index (χ4n) is 1.58. The van der Waals surface area contributed by atoms with Gasteiger partial charge in [0.05, 0.1) is 21.2 Å². The number of carboxylic acids is 1. The van der Waals surface area contributed by atoms with Crippen molar-refractivity contribution >= 4 is 28.9 Å². The number of thiophene rings is 1. The summed E-state index contributed by atoms with van der Waals surface area (Å²) in [5.41, 5.74) is -0.898. The molecule has 0 amide bonds. The van der Waals surface area contributed by atoms with Crippen LogP contribution in [-0.2, 0) is 11.3 Å². The molecule has 0 radical (unpaired) electrons. The lowest BCUT2D eigenvalue weighted by Crippen LogP contribution is -2.32. The van der Waals surface area contributed by atoms with E-state index in [0.29, 0.717) is 16.6 Å². The Morgan fingerprint density at radius 2 is 2.32 bits per heavy atom. The van der Waals surface area contributed by atoms with Crippen LogP contribution in [0.15, 0.2) is 12.1 Å². The molecule has 2 heterocycles. The largest absolute Gasteiger partial charge is 0.481 e. The maximum atomic E-state index is 11.3. The Hall–Kier alpha value is -1.47. The van der Waals surface area contributed by atoms with E-state index < -0.39 is 11.4 Å². The Kier molecular flexibility index (Phi) is 3.86. The summed E-state index contributed by atoms with van der Waals surface area (Å²) in [6, 6.07) is 3.58. The SMILES string of the molecule is CCC(C)(Cn1nnnc1-c1ccc(Cl)s1)C(=O)O. The lowest BCUT2D eigenvalue weighted by Gasteiger charge is -2.22. The predicted molar refractivity (Wildman–Crippen MR) is 72.2 cm³/mol. The summed E-state index contributed by atoms with van der Waals surface area (Å²) < 4.78 is 2.15. The van der Waals surface area contributed by atoms with E-state index in [-0.39, 0.29) is 6.54 Å². The van der Waals surface area contributed by atoms with Gasteiger partial charge in [0.25, 0.3) is 0 Å². The summed E-state index contributed by atoms with van der Waals surface area (Å²) in [4.78, 5) is 12.1. The lowest BCUT2D eigenvalue weighted by atomic mass is 9.88. The first-order valence-corrected chi connectivity index (χ1v) is 6.91. The molecule has 0 bridgehead atoms. The maximum Gasteiger partial charge on any atom is 0.311 e. The molecule has 8 heteroatoms. The Labute approximate surface area is 119 Å². The number of carbonyl (C=O) groups is 1. The van der Waals surface area contributed by atoms with E-state index in [4.69, 9.17) is 11.6 Å². The maximum absolute atomic E-state index is 11.3. The third kappa shape index (κ3) is 2.76. The van der Waals surface area contributed by atoms with Gasteiger partial charge >= 0.3 is 5.97 Å². The minimum absolute atomic E-state index is 0.219. The molecule has 0 aliphatic carbocycles. The summed E-state index contributed by atoms with van der Waals surface area (Å²) in [6.45, 7) is 3.74. The minimum atomic E-state index is -0.898. The van der Waals surface area contributed by atoms with Crippen LogP contribution < -0.4 is 0 Å². The standard InChI is InChI=1S/C11H13ClN4O2S/c1-3-11(2,10(17)18)6-16-9(13-14-15-16)7-4-5-8(12)19-7/h4-5H,3,6H2,1-2H3,(H,17,18). The number of rotatable bonds is 5. The molecule has 0 aromatic carbocycles. The fraction of sp³-hybridized carbons (Fsp3) is 0.455. The van der Waals surface area contributed by atoms with E-state index in [0.717, 1.165) is 4.88 Å². The van der Waals surface area contributed by atoms with Gasteiger partial charge < -0.3 is 5.11 Å². The molecule has 0 aliphatic heterocycles.